The summed E-state index contributed by atoms with van der Waals surface area (Å²) in [5.74, 6) is -2.61. The van der Waals surface area contributed by atoms with Gasteiger partial charge in [0, 0.05) is 13.1 Å². The van der Waals surface area contributed by atoms with E-state index in [1.165, 1.54) is 4.90 Å². The second kappa shape index (κ2) is 13.3. The number of Topliss-reactive ketones (excluding diaryl/α,β-unsaturated/α-hetero) is 1. The number of fused-ring (bicyclic) bond motifs is 1. The number of rotatable bonds is 11. The molecule has 13 heteroatoms. The lowest BCUT2D eigenvalue weighted by atomic mass is 9.81. The van der Waals surface area contributed by atoms with Crippen LogP contribution in [0.4, 0.5) is 9.59 Å². The highest BCUT2D eigenvalue weighted by molar-refractivity contribution is 6.37. The number of carbonyl (C=O) groups excluding carboxylic acids is 6. The normalized spacial score (nSPS) is 25.8. The fourth-order valence-corrected chi connectivity index (χ4v) is 7.51. The van der Waals surface area contributed by atoms with Crippen molar-refractivity contribution in [3.8, 4) is 0 Å². The number of alkyl carbamates (subject to hydrolysis) is 1. The molecule has 13 nitrogen and oxygen atoms in total. The van der Waals surface area contributed by atoms with Crippen LogP contribution in [0.25, 0.3) is 0 Å². The van der Waals surface area contributed by atoms with Crippen molar-refractivity contribution in [2.24, 2.45) is 34.3 Å². The molecule has 6 N–H and O–H groups in total. The summed E-state index contributed by atoms with van der Waals surface area (Å²) in [6.45, 7) is 15.5. The third-order valence-electron chi connectivity index (χ3n) is 10.4. The maximum atomic E-state index is 14.3. The zero-order valence-corrected chi connectivity index (χ0v) is 29.4. The molecule has 0 radical (unpaired) electrons. The Morgan fingerprint density at radius 3 is 2.09 bits per heavy atom. The minimum Gasteiger partial charge on any atom is -0.444 e. The summed E-state index contributed by atoms with van der Waals surface area (Å²) in [4.78, 5) is 80.3. The molecule has 4 fully saturated rings. The molecule has 264 valence electrons. The van der Waals surface area contributed by atoms with Gasteiger partial charge in [-0.2, -0.15) is 0 Å². The molecule has 6 amide bonds. The standard InChI is InChI=1S/C34H56N6O7/c1-31(2,3)25(38-29(45)39-34(14-10-9-11-15-34)18-36-30(46)47-32(4,5)6)28(44)40-17-20-22(33(20,7)8)23(40)27(43)37-21(16-19-12-13-19)24(41)26(35)42/h19-23,25H,9-18H2,1-8H3,(H2,35,42)(H,36,46)(H,37,43)(H2,38,39,45)/t20-,21?,22-,23-,25+/m0/s1. The van der Waals surface area contributed by atoms with Gasteiger partial charge in [0.1, 0.15) is 17.7 Å². The first-order valence-corrected chi connectivity index (χ1v) is 17.2. The van der Waals surface area contributed by atoms with Gasteiger partial charge in [-0.15, -0.1) is 0 Å². The molecule has 1 unspecified atom stereocenters. The topological polar surface area (TPSA) is 189 Å². The number of ether oxygens (including phenoxy) is 1. The fourth-order valence-electron chi connectivity index (χ4n) is 7.51. The Kier molecular flexibility index (Phi) is 10.3. The molecule has 3 saturated carbocycles. The van der Waals surface area contributed by atoms with Crippen LogP contribution >= 0.6 is 0 Å². The predicted molar refractivity (Wildman–Crippen MR) is 175 cm³/mol. The Morgan fingerprint density at radius 1 is 0.936 bits per heavy atom. The third-order valence-corrected chi connectivity index (χ3v) is 10.4. The van der Waals surface area contributed by atoms with Crippen molar-refractivity contribution in [2.75, 3.05) is 13.1 Å². The zero-order chi connectivity index (χ0) is 35.1. The van der Waals surface area contributed by atoms with Crippen LogP contribution in [0.2, 0.25) is 0 Å². The molecule has 1 aliphatic heterocycles. The van der Waals surface area contributed by atoms with Gasteiger partial charge in [-0.05, 0) is 68.6 Å². The molecule has 3 aliphatic carbocycles. The van der Waals surface area contributed by atoms with E-state index < -0.39 is 64.4 Å². The highest BCUT2D eigenvalue weighted by Gasteiger charge is 2.70. The molecule has 0 bridgehead atoms. The lowest BCUT2D eigenvalue weighted by Crippen LogP contribution is -2.64. The van der Waals surface area contributed by atoms with Crippen LogP contribution in [-0.2, 0) is 23.9 Å². The van der Waals surface area contributed by atoms with E-state index in [1.54, 1.807) is 20.8 Å². The Hall–Kier alpha value is -3.38. The molecular formula is C34H56N6O7. The second-order valence-electron chi connectivity index (χ2n) is 17.0. The summed E-state index contributed by atoms with van der Waals surface area (Å²) in [5, 5.41) is 11.6. The van der Waals surface area contributed by atoms with Crippen LogP contribution in [0.1, 0.15) is 107 Å². The van der Waals surface area contributed by atoms with E-state index in [2.05, 4.69) is 35.1 Å². The molecule has 1 saturated heterocycles. The number of urea groups is 1. The number of hydrogen-bond donors (Lipinski definition) is 5. The van der Waals surface area contributed by atoms with Gasteiger partial charge >= 0.3 is 12.1 Å². The monoisotopic (exact) mass is 660 g/mol. The van der Waals surface area contributed by atoms with E-state index in [4.69, 9.17) is 10.5 Å². The van der Waals surface area contributed by atoms with Crippen LogP contribution in [0.15, 0.2) is 0 Å². The van der Waals surface area contributed by atoms with Crippen molar-refractivity contribution in [3.05, 3.63) is 0 Å². The number of primary amides is 1. The predicted octanol–water partition coefficient (Wildman–Crippen LogP) is 2.75. The Bertz CT molecular complexity index is 1260. The fraction of sp³-hybridized carbons (Fsp3) is 0.824. The highest BCUT2D eigenvalue weighted by Crippen LogP contribution is 2.65. The Labute approximate surface area is 278 Å². The third kappa shape index (κ3) is 8.76. The van der Waals surface area contributed by atoms with E-state index in [0.717, 1.165) is 32.1 Å². The minimum atomic E-state index is -1.10. The summed E-state index contributed by atoms with van der Waals surface area (Å²) in [6.07, 6.45) is 5.69. The van der Waals surface area contributed by atoms with E-state index in [0.29, 0.717) is 25.8 Å². The Morgan fingerprint density at radius 2 is 1.55 bits per heavy atom. The molecular weight excluding hydrogens is 604 g/mol. The number of nitrogens with zero attached hydrogens (tertiary/aromatic N) is 1. The summed E-state index contributed by atoms with van der Waals surface area (Å²) >= 11 is 0. The quantitative estimate of drug-likeness (QED) is 0.211. The van der Waals surface area contributed by atoms with Crippen LogP contribution in [0.5, 0.6) is 0 Å². The van der Waals surface area contributed by atoms with Gasteiger partial charge in [0.05, 0.1) is 11.6 Å². The van der Waals surface area contributed by atoms with Crippen molar-refractivity contribution in [2.45, 2.75) is 136 Å². The van der Waals surface area contributed by atoms with Crippen molar-refractivity contribution in [1.29, 1.82) is 0 Å². The largest absolute Gasteiger partial charge is 0.444 e. The summed E-state index contributed by atoms with van der Waals surface area (Å²) in [5.41, 5.74) is 3.03. The minimum absolute atomic E-state index is 0.0785. The van der Waals surface area contributed by atoms with Gasteiger partial charge in [-0.1, -0.05) is 66.7 Å². The van der Waals surface area contributed by atoms with Gasteiger partial charge in [0.25, 0.3) is 5.91 Å². The summed E-state index contributed by atoms with van der Waals surface area (Å²) in [7, 11) is 0. The lowest BCUT2D eigenvalue weighted by molar-refractivity contribution is -0.145. The number of hydrogen-bond acceptors (Lipinski definition) is 7. The Balaban J connectivity index is 1.50. The number of carbonyl (C=O) groups is 6. The van der Waals surface area contributed by atoms with E-state index in [9.17, 15) is 28.8 Å². The van der Waals surface area contributed by atoms with Crippen molar-refractivity contribution >= 4 is 35.6 Å². The molecule has 0 aromatic rings. The molecule has 47 heavy (non-hydrogen) atoms. The number of nitrogens with one attached hydrogen (secondary N) is 4. The molecule has 0 spiro atoms. The molecule has 1 heterocycles. The number of amides is 6. The zero-order valence-electron chi connectivity index (χ0n) is 29.4. The average molecular weight is 661 g/mol. The van der Waals surface area contributed by atoms with Crippen molar-refractivity contribution in [3.63, 3.8) is 0 Å². The molecule has 0 aromatic heterocycles. The average Bonchev–Trinajstić information content (AvgIpc) is 3.80. The van der Waals surface area contributed by atoms with Crippen molar-refractivity contribution in [1.82, 2.24) is 26.2 Å². The van der Waals surface area contributed by atoms with Gasteiger partial charge in [0.15, 0.2) is 0 Å². The first-order chi connectivity index (χ1) is 21.6. The molecule has 0 aromatic carbocycles. The summed E-state index contributed by atoms with van der Waals surface area (Å²) < 4.78 is 5.40. The van der Waals surface area contributed by atoms with Crippen LogP contribution < -0.4 is 27.0 Å². The van der Waals surface area contributed by atoms with Gasteiger partial charge in [-0.3, -0.25) is 19.2 Å². The first-order valence-electron chi connectivity index (χ1n) is 17.2. The number of nitrogens with two attached hydrogens (primary N) is 1. The molecule has 4 rings (SSSR count). The van der Waals surface area contributed by atoms with Crippen LogP contribution in [0.3, 0.4) is 0 Å². The molecule has 4 aliphatic rings. The molecule has 5 atom stereocenters. The van der Waals surface area contributed by atoms with E-state index >= 15 is 0 Å². The summed E-state index contributed by atoms with van der Waals surface area (Å²) in [6, 6.07) is -3.41. The number of likely N-dealkylation sites (tertiary alicyclic amines) is 1. The smallest absolute Gasteiger partial charge is 0.407 e. The number of ketones is 1. The van der Waals surface area contributed by atoms with E-state index in [1.807, 2.05) is 20.8 Å². The first kappa shape index (κ1) is 36.5. The van der Waals surface area contributed by atoms with Gasteiger partial charge in [0.2, 0.25) is 17.6 Å². The van der Waals surface area contributed by atoms with E-state index in [-0.39, 0.29) is 35.6 Å². The van der Waals surface area contributed by atoms with Gasteiger partial charge < -0.3 is 36.6 Å². The number of piperidine rings is 1. The lowest BCUT2D eigenvalue weighted by Gasteiger charge is -2.41. The van der Waals surface area contributed by atoms with Crippen LogP contribution in [0, 0.1) is 28.6 Å². The maximum Gasteiger partial charge on any atom is 0.407 e. The highest BCUT2D eigenvalue weighted by atomic mass is 16.6. The van der Waals surface area contributed by atoms with Crippen molar-refractivity contribution < 1.29 is 33.5 Å². The second-order valence-corrected chi connectivity index (χ2v) is 17.0. The SMILES string of the molecule is CC(C)(C)OC(=O)NCC1(NC(=O)N[C@H](C(=O)N2C[C@H]3[C@@H]([C@H]2C(=O)NC(CC2CC2)C(=O)C(N)=O)C3(C)C)C(C)(C)C)CCCCC1. The van der Waals surface area contributed by atoms with Crippen LogP contribution in [-0.4, -0.2) is 82.9 Å². The van der Waals surface area contributed by atoms with Gasteiger partial charge in [-0.25, -0.2) is 9.59 Å². The maximum absolute atomic E-state index is 14.3.